The highest BCUT2D eigenvalue weighted by atomic mass is 16.6. The molecule has 0 unspecified atom stereocenters. The van der Waals surface area contributed by atoms with E-state index in [1.807, 2.05) is 48.5 Å². The van der Waals surface area contributed by atoms with Gasteiger partial charge in [-0.15, -0.1) is 0 Å². The van der Waals surface area contributed by atoms with Crippen LogP contribution in [0.25, 0.3) is 0 Å². The van der Waals surface area contributed by atoms with Gasteiger partial charge in [0.05, 0.1) is 18.3 Å². The van der Waals surface area contributed by atoms with E-state index >= 15 is 0 Å². The van der Waals surface area contributed by atoms with E-state index in [1.54, 1.807) is 6.20 Å². The Balaban J connectivity index is 1.69. The summed E-state index contributed by atoms with van der Waals surface area (Å²) in [4.78, 5) is 29.0. The Labute approximate surface area is 173 Å². The average molecular weight is 406 g/mol. The normalized spacial score (nSPS) is 21.3. The Morgan fingerprint density at radius 2 is 1.90 bits per heavy atom. The molecule has 29 heavy (non-hydrogen) atoms. The van der Waals surface area contributed by atoms with Crippen LogP contribution in [-0.4, -0.2) is 77.0 Å². The zero-order valence-electron chi connectivity index (χ0n) is 18.2. The molecular formula is C21H35N5O3. The maximum absolute atomic E-state index is 12.9. The van der Waals surface area contributed by atoms with Crippen molar-refractivity contribution in [2.24, 2.45) is 5.41 Å². The Morgan fingerprint density at radius 3 is 2.59 bits per heavy atom. The number of carbonyl (C=O) groups excluding carboxylic acids is 2. The van der Waals surface area contributed by atoms with Gasteiger partial charge in [-0.05, 0) is 58.4 Å². The first-order valence-corrected chi connectivity index (χ1v) is 10.6. The summed E-state index contributed by atoms with van der Waals surface area (Å²) in [6.45, 7) is 10.2. The third-order valence-corrected chi connectivity index (χ3v) is 5.85. The van der Waals surface area contributed by atoms with E-state index in [4.69, 9.17) is 4.74 Å². The first-order valence-electron chi connectivity index (χ1n) is 10.6. The molecule has 3 rings (SSSR count). The minimum Gasteiger partial charge on any atom is -0.444 e. The van der Waals surface area contributed by atoms with Crippen molar-refractivity contribution in [3.8, 4) is 0 Å². The fraction of sp³-hybridized carbons (Fsp3) is 0.762. The quantitative estimate of drug-likeness (QED) is 0.717. The predicted molar refractivity (Wildman–Crippen MR) is 111 cm³/mol. The van der Waals surface area contributed by atoms with Gasteiger partial charge in [0.2, 0.25) is 0 Å². The summed E-state index contributed by atoms with van der Waals surface area (Å²) in [5, 5.41) is 7.78. The highest BCUT2D eigenvalue weighted by Gasteiger charge is 2.38. The summed E-state index contributed by atoms with van der Waals surface area (Å²) in [5.74, 6) is 0.0115. The standard InChI is InChI=1S/C21H35N5O3/c1-20(2,3)29-19(28)25-11-7-21(8-12-25)6-5-9-22-10-13-26-15-17(14-23-26)18(27)24(4)16-21/h14-15,22H,5-13,16H2,1-4H3. The van der Waals surface area contributed by atoms with Gasteiger partial charge >= 0.3 is 6.09 Å². The summed E-state index contributed by atoms with van der Waals surface area (Å²) < 4.78 is 7.36. The molecule has 0 aromatic carbocycles. The molecule has 8 heteroatoms. The van der Waals surface area contributed by atoms with Crippen molar-refractivity contribution < 1.29 is 14.3 Å². The van der Waals surface area contributed by atoms with Gasteiger partial charge in [0.1, 0.15) is 5.60 Å². The van der Waals surface area contributed by atoms with E-state index < -0.39 is 5.60 Å². The number of piperidine rings is 1. The van der Waals surface area contributed by atoms with Gasteiger partial charge in [-0.3, -0.25) is 9.48 Å². The van der Waals surface area contributed by atoms with Crippen LogP contribution in [0.3, 0.4) is 0 Å². The van der Waals surface area contributed by atoms with Crippen LogP contribution in [0.1, 0.15) is 56.8 Å². The van der Waals surface area contributed by atoms with Gasteiger partial charge in [0.15, 0.2) is 0 Å². The minimum absolute atomic E-state index is 0.0115. The van der Waals surface area contributed by atoms with Gasteiger partial charge in [-0.1, -0.05) is 0 Å². The van der Waals surface area contributed by atoms with E-state index in [0.29, 0.717) is 25.2 Å². The smallest absolute Gasteiger partial charge is 0.410 e. The third-order valence-electron chi connectivity index (χ3n) is 5.85. The first kappa shape index (κ1) is 21.6. The molecule has 0 saturated carbocycles. The molecule has 1 fully saturated rings. The average Bonchev–Trinajstić information content (AvgIpc) is 3.11. The molecule has 0 radical (unpaired) electrons. The molecule has 1 aromatic rings. The molecule has 162 valence electrons. The minimum atomic E-state index is -0.485. The summed E-state index contributed by atoms with van der Waals surface area (Å²) >= 11 is 0. The predicted octanol–water partition coefficient (Wildman–Crippen LogP) is 2.36. The molecule has 0 aliphatic carbocycles. The molecule has 2 bridgehead atoms. The number of rotatable bonds is 0. The zero-order valence-corrected chi connectivity index (χ0v) is 18.2. The largest absolute Gasteiger partial charge is 0.444 e. The van der Waals surface area contributed by atoms with Gasteiger partial charge in [0.25, 0.3) is 5.91 Å². The van der Waals surface area contributed by atoms with Crippen molar-refractivity contribution in [3.63, 3.8) is 0 Å². The Hall–Kier alpha value is -2.09. The topological polar surface area (TPSA) is 79.7 Å². The lowest BCUT2D eigenvalue weighted by Gasteiger charge is -2.44. The third kappa shape index (κ3) is 5.72. The van der Waals surface area contributed by atoms with Crippen LogP contribution in [-0.2, 0) is 11.3 Å². The van der Waals surface area contributed by atoms with Crippen molar-refractivity contribution in [1.29, 1.82) is 0 Å². The van der Waals surface area contributed by atoms with Crippen molar-refractivity contribution >= 4 is 12.0 Å². The molecule has 1 saturated heterocycles. The van der Waals surface area contributed by atoms with Crippen molar-refractivity contribution in [3.05, 3.63) is 18.0 Å². The van der Waals surface area contributed by atoms with Crippen molar-refractivity contribution in [2.75, 3.05) is 39.8 Å². The van der Waals surface area contributed by atoms with E-state index in [9.17, 15) is 9.59 Å². The second-order valence-corrected chi connectivity index (χ2v) is 9.47. The Kier molecular flexibility index (Phi) is 6.51. The molecule has 0 atom stereocenters. The van der Waals surface area contributed by atoms with Gasteiger partial charge in [0, 0.05) is 39.4 Å². The van der Waals surface area contributed by atoms with Crippen LogP contribution >= 0.6 is 0 Å². The molecule has 1 spiro atoms. The number of hydrogen-bond acceptors (Lipinski definition) is 5. The number of aromatic nitrogens is 2. The summed E-state index contributed by atoms with van der Waals surface area (Å²) in [6, 6.07) is 0. The molecular weight excluding hydrogens is 370 g/mol. The number of amides is 2. The number of hydrogen-bond donors (Lipinski definition) is 1. The fourth-order valence-electron chi connectivity index (χ4n) is 4.28. The van der Waals surface area contributed by atoms with Crippen LogP contribution in [0.5, 0.6) is 0 Å². The number of carbonyl (C=O) groups is 2. The Morgan fingerprint density at radius 1 is 1.17 bits per heavy atom. The highest BCUT2D eigenvalue weighted by molar-refractivity contribution is 5.93. The monoisotopic (exact) mass is 405 g/mol. The van der Waals surface area contributed by atoms with E-state index in [0.717, 1.165) is 45.3 Å². The maximum Gasteiger partial charge on any atom is 0.410 e. The number of nitrogens with zero attached hydrogens (tertiary/aromatic N) is 4. The van der Waals surface area contributed by atoms with E-state index in [-0.39, 0.29) is 17.4 Å². The van der Waals surface area contributed by atoms with Crippen molar-refractivity contribution in [2.45, 2.75) is 58.6 Å². The number of ether oxygens (including phenoxy) is 1. The molecule has 2 amide bonds. The molecule has 2 aliphatic heterocycles. The van der Waals surface area contributed by atoms with Crippen LogP contribution < -0.4 is 5.32 Å². The number of fused-ring (bicyclic) bond motifs is 2. The molecule has 1 N–H and O–H groups in total. The number of likely N-dealkylation sites (tertiary alicyclic amines) is 1. The summed E-state index contributed by atoms with van der Waals surface area (Å²) in [7, 11) is 1.87. The van der Waals surface area contributed by atoms with Crippen LogP contribution in [0.2, 0.25) is 0 Å². The molecule has 3 heterocycles. The molecule has 8 nitrogen and oxygen atoms in total. The SMILES string of the molecule is CN1CC2(CCCNCCn3cc(cn3)C1=O)CCN(C(=O)OC(C)(C)C)CC2. The summed E-state index contributed by atoms with van der Waals surface area (Å²) in [5.41, 5.74) is 0.169. The molecule has 2 aliphatic rings. The van der Waals surface area contributed by atoms with Gasteiger partial charge < -0.3 is 19.9 Å². The lowest BCUT2D eigenvalue weighted by molar-refractivity contribution is 0.00380. The van der Waals surface area contributed by atoms with Crippen LogP contribution in [0.15, 0.2) is 12.4 Å². The maximum atomic E-state index is 12.9. The van der Waals surface area contributed by atoms with Crippen molar-refractivity contribution in [1.82, 2.24) is 24.9 Å². The van der Waals surface area contributed by atoms with Gasteiger partial charge in [-0.2, -0.15) is 5.10 Å². The lowest BCUT2D eigenvalue weighted by Crippen LogP contribution is -2.49. The Bertz CT molecular complexity index is 716. The molecule has 1 aromatic heterocycles. The fourth-order valence-corrected chi connectivity index (χ4v) is 4.28. The first-order chi connectivity index (χ1) is 13.7. The van der Waals surface area contributed by atoms with Crippen LogP contribution in [0.4, 0.5) is 4.79 Å². The zero-order chi connectivity index (χ0) is 21.1. The van der Waals surface area contributed by atoms with Gasteiger partial charge in [-0.25, -0.2) is 4.79 Å². The lowest BCUT2D eigenvalue weighted by atomic mass is 9.74. The second-order valence-electron chi connectivity index (χ2n) is 9.47. The number of nitrogens with one attached hydrogen (secondary N) is 1. The highest BCUT2D eigenvalue weighted by Crippen LogP contribution is 2.37. The summed E-state index contributed by atoms with van der Waals surface area (Å²) in [6.07, 6.45) is 7.09. The second kappa shape index (κ2) is 8.73. The van der Waals surface area contributed by atoms with E-state index in [1.165, 1.54) is 0 Å². The van der Waals surface area contributed by atoms with Crippen LogP contribution in [0, 0.1) is 5.41 Å². The van der Waals surface area contributed by atoms with E-state index in [2.05, 4.69) is 10.4 Å².